The van der Waals surface area contributed by atoms with Gasteiger partial charge in [-0.25, -0.2) is 58.0 Å². The minimum atomic E-state index is -0.421. The summed E-state index contributed by atoms with van der Waals surface area (Å²) < 4.78 is 70.7. The SMILES string of the molecule is CCCCCCBr.CCCCCCOc1ccc(-c2nc(-c3ccc(F)cc3)nc(-c3ccc(OCCCCCC)cc3O)n2)c(O)c1.CCCCCCOc1ccc(-c2nc(-c3ccc(F)cc3)nc(-c3ccc(OCCCCCC)cc3OCCCCCC)n2)c(O)c1.Oc1ccc(-c2nc(-c3ccc(F)cc3)nc(-c3ccc(O)cc3O)n2)c(O)c1. The highest BCUT2D eigenvalue weighted by Crippen LogP contribution is 2.41. The van der Waals surface area contributed by atoms with Gasteiger partial charge in [-0.05, 0) is 184 Å². The zero-order chi connectivity index (χ0) is 88.4. The van der Waals surface area contributed by atoms with Gasteiger partial charge in [0.1, 0.15) is 86.4 Å². The predicted molar refractivity (Wildman–Crippen MR) is 486 cm³/mol. The van der Waals surface area contributed by atoms with Crippen LogP contribution in [-0.2, 0) is 0 Å². The molecular formula is C99H115BrF3N9O12. The smallest absolute Gasteiger partial charge is 0.167 e. The molecule has 0 amide bonds. The van der Waals surface area contributed by atoms with Crippen LogP contribution in [0.4, 0.5) is 13.2 Å². The summed E-state index contributed by atoms with van der Waals surface area (Å²) in [4.78, 5) is 41.1. The first-order valence-corrected chi connectivity index (χ1v) is 44.4. The molecule has 0 spiro atoms. The van der Waals surface area contributed by atoms with Crippen molar-refractivity contribution in [1.82, 2.24) is 44.9 Å². The largest absolute Gasteiger partial charge is 0.508 e. The fourth-order valence-corrected chi connectivity index (χ4v) is 13.2. The number of aromatic nitrogens is 9. The second-order valence-electron chi connectivity index (χ2n) is 29.8. The van der Waals surface area contributed by atoms with Crippen molar-refractivity contribution in [2.24, 2.45) is 0 Å². The van der Waals surface area contributed by atoms with Crippen molar-refractivity contribution in [3.05, 3.63) is 199 Å². The number of aromatic hydroxyl groups is 7. The van der Waals surface area contributed by atoms with Crippen molar-refractivity contribution in [1.29, 1.82) is 0 Å². The standard InChI is InChI=1S/C39H50FN3O4.C33H38FN3O4.C21H14FN3O4.C6H13Br/c1-4-7-10-13-24-45-31-20-22-33(35(44)27-31)38-41-37(29-16-18-30(40)19-17-29)42-39(43-38)34-23-21-32(46-25-14-11-8-5-2)28-36(34)47-26-15-12-9-6-3;1-3-5-7-9-19-40-25-15-17-27(29(38)21-25)32-35-31(23-11-13-24(34)14-12-23)36-33(37-32)28-18-16-26(22-30(28)39)41-20-10-8-6-4-2;22-12-3-1-11(2-4-12)19-23-20(15-7-5-13(26)9-17(15)28)25-21(24-19)16-8-6-14(27)10-18(16)29;1-2-3-4-5-6-7/h16-23,27-28,44H,4-15,24-26H2,1-3H3;11-18,21-22,38-39H,3-10,19-20H2,1-2H3;1-10,26-29H;2-6H2,1H3. The number of unbranched alkanes of at least 4 members (excludes halogenated alkanes) is 18. The van der Waals surface area contributed by atoms with E-state index < -0.39 is 5.82 Å². The lowest BCUT2D eigenvalue weighted by Crippen LogP contribution is -2.04. The van der Waals surface area contributed by atoms with Gasteiger partial charge < -0.3 is 59.4 Å². The lowest BCUT2D eigenvalue weighted by atomic mass is 10.1. The van der Waals surface area contributed by atoms with Gasteiger partial charge in [0.25, 0.3) is 0 Å². The van der Waals surface area contributed by atoms with Crippen LogP contribution in [0.5, 0.6) is 69.0 Å². The molecule has 12 aromatic rings. The summed E-state index contributed by atoms with van der Waals surface area (Å²) >= 11 is 3.38. The van der Waals surface area contributed by atoms with Crippen LogP contribution in [0.1, 0.15) is 196 Å². The fraction of sp³-hybridized carbons (Fsp3) is 0.364. The maximum absolute atomic E-state index is 13.8. The molecule has 0 atom stereocenters. The van der Waals surface area contributed by atoms with Crippen LogP contribution in [0, 0.1) is 17.5 Å². The molecule has 0 aliphatic heterocycles. The third kappa shape index (κ3) is 30.4. The highest BCUT2D eigenvalue weighted by Gasteiger charge is 2.23. The van der Waals surface area contributed by atoms with Gasteiger partial charge in [0.05, 0.1) is 66.4 Å². The summed E-state index contributed by atoms with van der Waals surface area (Å²) in [5, 5.41) is 73.5. The Balaban J connectivity index is 0.000000207. The first kappa shape index (κ1) is 95.7. The number of hydrogen-bond donors (Lipinski definition) is 7. The number of nitrogens with zero attached hydrogens (tertiary/aromatic N) is 9. The second-order valence-corrected chi connectivity index (χ2v) is 30.6. The molecule has 0 aliphatic carbocycles. The normalized spacial score (nSPS) is 10.9. The van der Waals surface area contributed by atoms with Crippen LogP contribution in [-0.4, -0.2) is 119 Å². The molecule has 0 unspecified atom stereocenters. The van der Waals surface area contributed by atoms with Gasteiger partial charge in [0.15, 0.2) is 52.4 Å². The quantitative estimate of drug-likeness (QED) is 0.0138. The van der Waals surface area contributed by atoms with Crippen molar-refractivity contribution >= 4 is 15.9 Å². The van der Waals surface area contributed by atoms with E-state index in [2.05, 4.69) is 87.4 Å². The van der Waals surface area contributed by atoms with Crippen LogP contribution >= 0.6 is 15.9 Å². The van der Waals surface area contributed by atoms with Crippen molar-refractivity contribution in [3.63, 3.8) is 0 Å². The highest BCUT2D eigenvalue weighted by molar-refractivity contribution is 9.09. The van der Waals surface area contributed by atoms with E-state index in [4.69, 9.17) is 38.6 Å². The van der Waals surface area contributed by atoms with Crippen molar-refractivity contribution in [3.8, 4) is 171 Å². The molecule has 0 fully saturated rings. The van der Waals surface area contributed by atoms with Gasteiger partial charge in [-0.2, -0.15) is 0 Å². The van der Waals surface area contributed by atoms with E-state index in [0.717, 1.165) is 127 Å². The fourth-order valence-electron chi connectivity index (χ4n) is 12.8. The maximum Gasteiger partial charge on any atom is 0.167 e. The van der Waals surface area contributed by atoms with Gasteiger partial charge in [0.2, 0.25) is 0 Å². The summed E-state index contributed by atoms with van der Waals surface area (Å²) in [6.45, 7) is 16.0. The lowest BCUT2D eigenvalue weighted by molar-refractivity contribution is 0.291. The molecule has 124 heavy (non-hydrogen) atoms. The van der Waals surface area contributed by atoms with Crippen LogP contribution < -0.4 is 23.7 Å². The Morgan fingerprint density at radius 3 is 0.718 bits per heavy atom. The molecule has 0 aliphatic rings. The Hall–Kier alpha value is -12.1. The molecule has 12 rings (SSSR count). The van der Waals surface area contributed by atoms with Crippen LogP contribution in [0.15, 0.2) is 182 Å². The topological polar surface area (TPSA) is 304 Å². The number of alkyl halides is 1. The minimum absolute atomic E-state index is 0.00233. The van der Waals surface area contributed by atoms with E-state index in [1.54, 1.807) is 72.8 Å². The summed E-state index contributed by atoms with van der Waals surface area (Å²) in [6, 6.07) is 46.1. The number of phenols is 7. The van der Waals surface area contributed by atoms with Crippen LogP contribution in [0.3, 0.4) is 0 Å². The van der Waals surface area contributed by atoms with Gasteiger partial charge in [0, 0.05) is 58.4 Å². The predicted octanol–water partition coefficient (Wildman–Crippen LogP) is 25.7. The number of halogens is 4. The number of benzene rings is 9. The molecular weight excluding hydrogens is 1640 g/mol. The average molecular weight is 1760 g/mol. The summed E-state index contributed by atoms with van der Waals surface area (Å²) in [7, 11) is 0. The minimum Gasteiger partial charge on any atom is -0.508 e. The third-order valence-corrected chi connectivity index (χ3v) is 20.4. The lowest BCUT2D eigenvalue weighted by Gasteiger charge is -2.15. The molecule has 3 heterocycles. The molecule has 3 aromatic heterocycles. The van der Waals surface area contributed by atoms with E-state index in [0.29, 0.717) is 107 Å². The Kier molecular flexibility index (Phi) is 39.9. The molecule has 25 heteroatoms. The molecule has 656 valence electrons. The van der Waals surface area contributed by atoms with Gasteiger partial charge >= 0.3 is 0 Å². The number of rotatable bonds is 43. The van der Waals surface area contributed by atoms with Crippen molar-refractivity contribution < 1.29 is 72.6 Å². The maximum atomic E-state index is 13.8. The zero-order valence-electron chi connectivity index (χ0n) is 71.7. The van der Waals surface area contributed by atoms with Crippen molar-refractivity contribution in [2.75, 3.05) is 38.4 Å². The monoisotopic (exact) mass is 1760 g/mol. The Morgan fingerprint density at radius 2 is 0.460 bits per heavy atom. The summed E-state index contributed by atoms with van der Waals surface area (Å²) in [5.74, 6) is 3.08. The van der Waals surface area contributed by atoms with E-state index in [-0.39, 0.29) is 104 Å². The molecule has 0 saturated carbocycles. The first-order chi connectivity index (χ1) is 60.3. The van der Waals surface area contributed by atoms with E-state index >= 15 is 0 Å². The Morgan fingerprint density at radius 1 is 0.234 bits per heavy atom. The summed E-state index contributed by atoms with van der Waals surface area (Å²) in [5.41, 5.74) is 4.01. The van der Waals surface area contributed by atoms with Gasteiger partial charge in [-0.3, -0.25) is 0 Å². The molecule has 0 bridgehead atoms. The number of ether oxygens (including phenoxy) is 5. The third-order valence-electron chi connectivity index (χ3n) is 19.8. The molecule has 0 saturated heterocycles. The second kappa shape index (κ2) is 51.7. The molecule has 21 nitrogen and oxygen atoms in total. The molecule has 7 N–H and O–H groups in total. The van der Waals surface area contributed by atoms with Crippen LogP contribution in [0.25, 0.3) is 102 Å². The van der Waals surface area contributed by atoms with Gasteiger partial charge in [-0.1, -0.05) is 173 Å². The van der Waals surface area contributed by atoms with Gasteiger partial charge in [-0.15, -0.1) is 0 Å². The Labute approximate surface area is 734 Å². The average Bonchev–Trinajstić information content (AvgIpc) is 0.609. The molecule has 9 aromatic carbocycles. The first-order valence-electron chi connectivity index (χ1n) is 43.3. The van der Waals surface area contributed by atoms with E-state index in [1.165, 1.54) is 123 Å². The van der Waals surface area contributed by atoms with Crippen molar-refractivity contribution in [2.45, 2.75) is 196 Å². The summed E-state index contributed by atoms with van der Waals surface area (Å²) in [6.07, 6.45) is 27.4. The van der Waals surface area contributed by atoms with Crippen LogP contribution in [0.2, 0.25) is 0 Å². The Bertz CT molecular complexity index is 5100. The van der Waals surface area contributed by atoms with E-state index in [1.807, 2.05) is 24.3 Å². The number of phenolic OH excluding ortho intramolecular Hbond substituents is 7. The molecule has 0 radical (unpaired) electrons. The van der Waals surface area contributed by atoms with E-state index in [9.17, 15) is 48.9 Å². The number of hydrogen-bond acceptors (Lipinski definition) is 21. The highest BCUT2D eigenvalue weighted by atomic mass is 79.9. The zero-order valence-corrected chi connectivity index (χ0v) is 73.3.